The second-order valence-corrected chi connectivity index (χ2v) is 3.07. The third-order valence-corrected chi connectivity index (χ3v) is 1.65. The SMILES string of the molecule is CC/C(C)=C(\C=C(C)C)C(=O)O. The average molecular weight is 168 g/mol. The van der Waals surface area contributed by atoms with Gasteiger partial charge in [-0.05, 0) is 33.3 Å². The average Bonchev–Trinajstić information content (AvgIpc) is 1.98. The molecule has 0 aromatic rings. The van der Waals surface area contributed by atoms with Crippen molar-refractivity contribution < 1.29 is 9.90 Å². The predicted molar refractivity (Wildman–Crippen MR) is 50.1 cm³/mol. The first-order valence-electron chi connectivity index (χ1n) is 4.07. The Morgan fingerprint density at radius 2 is 1.83 bits per heavy atom. The molecular formula is C10H16O2. The molecule has 0 bridgehead atoms. The van der Waals surface area contributed by atoms with Gasteiger partial charge in [0, 0.05) is 0 Å². The second-order valence-electron chi connectivity index (χ2n) is 3.07. The molecule has 0 aliphatic heterocycles. The van der Waals surface area contributed by atoms with Crippen LogP contribution in [0.25, 0.3) is 0 Å². The van der Waals surface area contributed by atoms with Crippen LogP contribution in [-0.2, 0) is 4.79 Å². The lowest BCUT2D eigenvalue weighted by atomic mass is 10.1. The molecule has 0 unspecified atom stereocenters. The van der Waals surface area contributed by atoms with Gasteiger partial charge in [-0.15, -0.1) is 0 Å². The number of hydrogen-bond acceptors (Lipinski definition) is 1. The van der Waals surface area contributed by atoms with Crippen LogP contribution in [0.5, 0.6) is 0 Å². The largest absolute Gasteiger partial charge is 0.478 e. The molecular weight excluding hydrogens is 152 g/mol. The molecule has 2 nitrogen and oxygen atoms in total. The van der Waals surface area contributed by atoms with Gasteiger partial charge in [-0.25, -0.2) is 4.79 Å². The minimum atomic E-state index is -0.837. The third-order valence-electron chi connectivity index (χ3n) is 1.65. The van der Waals surface area contributed by atoms with E-state index < -0.39 is 5.97 Å². The fourth-order valence-electron chi connectivity index (χ4n) is 0.847. The highest BCUT2D eigenvalue weighted by Crippen LogP contribution is 2.11. The van der Waals surface area contributed by atoms with Crippen molar-refractivity contribution in [2.45, 2.75) is 34.1 Å². The summed E-state index contributed by atoms with van der Waals surface area (Å²) in [6.45, 7) is 7.60. The molecule has 0 fully saturated rings. The van der Waals surface area contributed by atoms with Crippen LogP contribution in [0.1, 0.15) is 34.1 Å². The molecule has 12 heavy (non-hydrogen) atoms. The Labute approximate surface area is 73.6 Å². The zero-order chi connectivity index (χ0) is 9.72. The van der Waals surface area contributed by atoms with Gasteiger partial charge >= 0.3 is 5.97 Å². The van der Waals surface area contributed by atoms with Crippen molar-refractivity contribution >= 4 is 5.97 Å². The molecule has 0 spiro atoms. The van der Waals surface area contributed by atoms with Crippen molar-refractivity contribution in [2.75, 3.05) is 0 Å². The van der Waals surface area contributed by atoms with Crippen molar-refractivity contribution in [1.29, 1.82) is 0 Å². The van der Waals surface area contributed by atoms with E-state index in [0.29, 0.717) is 5.57 Å². The third kappa shape index (κ3) is 3.37. The molecule has 0 heterocycles. The second kappa shape index (κ2) is 4.75. The summed E-state index contributed by atoms with van der Waals surface area (Å²) in [5, 5.41) is 8.82. The Balaban J connectivity index is 4.93. The number of carbonyl (C=O) groups is 1. The maximum atomic E-state index is 10.7. The van der Waals surface area contributed by atoms with Crippen LogP contribution in [0.4, 0.5) is 0 Å². The Morgan fingerprint density at radius 1 is 1.33 bits per heavy atom. The van der Waals surface area contributed by atoms with E-state index in [1.165, 1.54) is 0 Å². The molecule has 1 N–H and O–H groups in total. The Morgan fingerprint density at radius 3 is 2.08 bits per heavy atom. The van der Waals surface area contributed by atoms with Crippen molar-refractivity contribution in [1.82, 2.24) is 0 Å². The highest BCUT2D eigenvalue weighted by atomic mass is 16.4. The van der Waals surface area contributed by atoms with Gasteiger partial charge in [0.2, 0.25) is 0 Å². The van der Waals surface area contributed by atoms with E-state index in [1.807, 2.05) is 27.7 Å². The van der Waals surface area contributed by atoms with E-state index in [1.54, 1.807) is 6.08 Å². The van der Waals surface area contributed by atoms with E-state index >= 15 is 0 Å². The van der Waals surface area contributed by atoms with Gasteiger partial charge in [0.15, 0.2) is 0 Å². The molecule has 0 atom stereocenters. The first-order valence-corrected chi connectivity index (χ1v) is 4.07. The van der Waals surface area contributed by atoms with Crippen LogP contribution in [-0.4, -0.2) is 11.1 Å². The summed E-state index contributed by atoms with van der Waals surface area (Å²) in [7, 11) is 0. The van der Waals surface area contributed by atoms with Crippen LogP contribution in [0, 0.1) is 0 Å². The molecule has 0 rings (SSSR count). The zero-order valence-electron chi connectivity index (χ0n) is 8.14. The van der Waals surface area contributed by atoms with Gasteiger partial charge in [-0.1, -0.05) is 18.1 Å². The summed E-state index contributed by atoms with van der Waals surface area (Å²) in [5.74, 6) is -0.837. The Bertz CT molecular complexity index is 230. The smallest absolute Gasteiger partial charge is 0.335 e. The van der Waals surface area contributed by atoms with Crippen LogP contribution in [0.2, 0.25) is 0 Å². The number of carboxylic acid groups (broad SMARTS) is 1. The van der Waals surface area contributed by atoms with E-state index in [9.17, 15) is 4.79 Å². The van der Waals surface area contributed by atoms with Crippen molar-refractivity contribution in [3.05, 3.63) is 22.8 Å². The highest BCUT2D eigenvalue weighted by Gasteiger charge is 2.06. The number of rotatable bonds is 3. The van der Waals surface area contributed by atoms with Gasteiger partial charge in [0.25, 0.3) is 0 Å². The molecule has 0 radical (unpaired) electrons. The standard InChI is InChI=1S/C10H16O2/c1-5-8(4)9(10(11)12)6-7(2)3/h6H,5H2,1-4H3,(H,11,12)/b9-8+. The summed E-state index contributed by atoms with van der Waals surface area (Å²) in [4.78, 5) is 10.7. The molecule has 0 amide bonds. The maximum Gasteiger partial charge on any atom is 0.335 e. The molecule has 0 aliphatic carbocycles. The lowest BCUT2D eigenvalue weighted by Gasteiger charge is -2.01. The Hall–Kier alpha value is -1.05. The van der Waals surface area contributed by atoms with Gasteiger partial charge in [-0.2, -0.15) is 0 Å². The lowest BCUT2D eigenvalue weighted by molar-refractivity contribution is -0.132. The van der Waals surface area contributed by atoms with Crippen LogP contribution in [0.3, 0.4) is 0 Å². The molecule has 68 valence electrons. The van der Waals surface area contributed by atoms with E-state index in [-0.39, 0.29) is 0 Å². The summed E-state index contributed by atoms with van der Waals surface area (Å²) >= 11 is 0. The normalized spacial score (nSPS) is 12.0. The van der Waals surface area contributed by atoms with Gasteiger partial charge in [0.05, 0.1) is 5.57 Å². The maximum absolute atomic E-state index is 10.7. The quantitative estimate of drug-likeness (QED) is 0.519. The fourth-order valence-corrected chi connectivity index (χ4v) is 0.847. The summed E-state index contributed by atoms with van der Waals surface area (Å²) in [6.07, 6.45) is 2.49. The van der Waals surface area contributed by atoms with Crippen molar-refractivity contribution in [3.8, 4) is 0 Å². The number of allylic oxidation sites excluding steroid dienone is 2. The molecule has 0 saturated carbocycles. The van der Waals surface area contributed by atoms with Crippen LogP contribution < -0.4 is 0 Å². The van der Waals surface area contributed by atoms with Gasteiger partial charge in [0.1, 0.15) is 0 Å². The predicted octanol–water partition coefficient (Wildman–Crippen LogP) is 2.76. The summed E-state index contributed by atoms with van der Waals surface area (Å²) in [5.41, 5.74) is 2.36. The zero-order valence-corrected chi connectivity index (χ0v) is 8.14. The monoisotopic (exact) mass is 168 g/mol. The lowest BCUT2D eigenvalue weighted by Crippen LogP contribution is -2.01. The van der Waals surface area contributed by atoms with E-state index in [0.717, 1.165) is 17.6 Å². The van der Waals surface area contributed by atoms with Gasteiger partial charge < -0.3 is 5.11 Å². The number of aliphatic carboxylic acids is 1. The molecule has 0 aromatic carbocycles. The molecule has 2 heteroatoms. The van der Waals surface area contributed by atoms with Crippen LogP contribution >= 0.6 is 0 Å². The minimum Gasteiger partial charge on any atom is -0.478 e. The number of hydrogen-bond donors (Lipinski definition) is 1. The van der Waals surface area contributed by atoms with Crippen molar-refractivity contribution in [2.24, 2.45) is 0 Å². The fraction of sp³-hybridized carbons (Fsp3) is 0.500. The van der Waals surface area contributed by atoms with E-state index in [2.05, 4.69) is 0 Å². The van der Waals surface area contributed by atoms with Crippen molar-refractivity contribution in [3.63, 3.8) is 0 Å². The highest BCUT2D eigenvalue weighted by molar-refractivity contribution is 5.90. The summed E-state index contributed by atoms with van der Waals surface area (Å²) < 4.78 is 0. The first kappa shape index (κ1) is 11.0. The van der Waals surface area contributed by atoms with Gasteiger partial charge in [-0.3, -0.25) is 0 Å². The Kier molecular flexibility index (Phi) is 4.34. The molecule has 0 aliphatic rings. The number of carboxylic acids is 1. The van der Waals surface area contributed by atoms with Crippen LogP contribution in [0.15, 0.2) is 22.8 Å². The first-order chi connectivity index (χ1) is 5.49. The summed E-state index contributed by atoms with van der Waals surface area (Å²) in [6, 6.07) is 0. The molecule has 0 aromatic heterocycles. The minimum absolute atomic E-state index is 0.428. The molecule has 0 saturated heterocycles. The topological polar surface area (TPSA) is 37.3 Å². The van der Waals surface area contributed by atoms with E-state index in [4.69, 9.17) is 5.11 Å².